The Morgan fingerprint density at radius 3 is 2.50 bits per heavy atom. The lowest BCUT2D eigenvalue weighted by molar-refractivity contribution is -0.138. The van der Waals surface area contributed by atoms with Gasteiger partial charge in [0.1, 0.15) is 5.76 Å². The van der Waals surface area contributed by atoms with Crippen LogP contribution in [0.3, 0.4) is 0 Å². The molecule has 0 unspecified atom stereocenters. The summed E-state index contributed by atoms with van der Waals surface area (Å²) in [5, 5.41) is 9.28. The first-order valence-corrected chi connectivity index (χ1v) is 10.3. The Labute approximate surface area is 180 Å². The van der Waals surface area contributed by atoms with Crippen LogP contribution in [0.1, 0.15) is 29.0 Å². The van der Waals surface area contributed by atoms with Crippen LogP contribution in [0.5, 0.6) is 0 Å². The number of hydrogen-bond donors (Lipinski definition) is 1. The second-order valence-corrected chi connectivity index (χ2v) is 7.97. The van der Waals surface area contributed by atoms with E-state index in [0.29, 0.717) is 34.2 Å². The summed E-state index contributed by atoms with van der Waals surface area (Å²) in [7, 11) is 0. The molecule has 0 aliphatic rings. The minimum Gasteiger partial charge on any atom is -0.481 e. The highest BCUT2D eigenvalue weighted by Gasteiger charge is 2.30. The molecule has 9 heteroatoms. The van der Waals surface area contributed by atoms with Gasteiger partial charge in [0, 0.05) is 16.9 Å². The number of carbonyl (C=O) groups is 1. The second kappa shape index (κ2) is 9.14. The summed E-state index contributed by atoms with van der Waals surface area (Å²) in [6, 6.07) is 10.1. The molecule has 0 atom stereocenters. The molecule has 0 amide bonds. The van der Waals surface area contributed by atoms with Crippen molar-refractivity contribution in [2.24, 2.45) is 0 Å². The number of aliphatic carboxylic acids is 1. The number of hydrogen-bond acceptors (Lipinski definition) is 4. The summed E-state index contributed by atoms with van der Waals surface area (Å²) in [5.41, 5.74) is 1.22. The van der Waals surface area contributed by atoms with Crippen LogP contribution < -0.4 is 0 Å². The zero-order valence-corrected chi connectivity index (χ0v) is 17.4. The molecular weight excluding hydrogens is 439 g/mol. The van der Waals surface area contributed by atoms with Gasteiger partial charge in [0.2, 0.25) is 5.89 Å². The SMILES string of the molecule is Cc1nc(-c2ccc(C(F)(F)F)cc2)oc1CSc1ccc(CCC(=O)O)cc1Cl. The number of thioether (sulfide) groups is 1. The Morgan fingerprint density at radius 2 is 1.90 bits per heavy atom. The molecule has 3 aromatic rings. The van der Waals surface area contributed by atoms with Crippen molar-refractivity contribution in [3.63, 3.8) is 0 Å². The third-order valence-electron chi connectivity index (χ3n) is 4.33. The highest BCUT2D eigenvalue weighted by molar-refractivity contribution is 7.98. The zero-order valence-electron chi connectivity index (χ0n) is 15.8. The highest BCUT2D eigenvalue weighted by atomic mass is 35.5. The molecule has 0 saturated heterocycles. The van der Waals surface area contributed by atoms with Crippen LogP contribution in [-0.4, -0.2) is 16.1 Å². The quantitative estimate of drug-likeness (QED) is 0.405. The van der Waals surface area contributed by atoms with E-state index in [2.05, 4.69) is 4.98 Å². The maximum absolute atomic E-state index is 12.7. The lowest BCUT2D eigenvalue weighted by Crippen LogP contribution is -2.03. The molecule has 1 aromatic heterocycles. The molecule has 3 rings (SSSR count). The van der Waals surface area contributed by atoms with Crippen molar-refractivity contribution in [2.45, 2.75) is 36.6 Å². The van der Waals surface area contributed by atoms with E-state index in [1.54, 1.807) is 13.0 Å². The summed E-state index contributed by atoms with van der Waals surface area (Å²) in [5.74, 6) is 0.426. The number of benzene rings is 2. The molecule has 4 nitrogen and oxygen atoms in total. The van der Waals surface area contributed by atoms with Crippen LogP contribution in [0.2, 0.25) is 5.02 Å². The molecule has 0 spiro atoms. The molecule has 0 bridgehead atoms. The van der Waals surface area contributed by atoms with Crippen molar-refractivity contribution < 1.29 is 27.5 Å². The van der Waals surface area contributed by atoms with Gasteiger partial charge in [0.25, 0.3) is 0 Å². The van der Waals surface area contributed by atoms with E-state index in [1.807, 2.05) is 12.1 Å². The summed E-state index contributed by atoms with van der Waals surface area (Å²) in [6.45, 7) is 1.77. The van der Waals surface area contributed by atoms with Crippen molar-refractivity contribution in [3.05, 3.63) is 70.1 Å². The average Bonchev–Trinajstić information content (AvgIpc) is 3.05. The van der Waals surface area contributed by atoms with Gasteiger partial charge in [-0.05, 0) is 55.3 Å². The summed E-state index contributed by atoms with van der Waals surface area (Å²) in [6.07, 6.45) is -3.96. The Bertz CT molecular complexity index is 1050. The Balaban J connectivity index is 1.68. The molecule has 1 N–H and O–H groups in total. The molecule has 0 aliphatic carbocycles. The van der Waals surface area contributed by atoms with Gasteiger partial charge in [-0.15, -0.1) is 11.8 Å². The molecule has 2 aromatic carbocycles. The van der Waals surface area contributed by atoms with E-state index < -0.39 is 17.7 Å². The van der Waals surface area contributed by atoms with Crippen LogP contribution in [0.15, 0.2) is 51.8 Å². The molecule has 0 aliphatic heterocycles. The van der Waals surface area contributed by atoms with Gasteiger partial charge < -0.3 is 9.52 Å². The Kier molecular flexibility index (Phi) is 6.77. The van der Waals surface area contributed by atoms with Crippen molar-refractivity contribution in [1.29, 1.82) is 0 Å². The second-order valence-electron chi connectivity index (χ2n) is 6.55. The first kappa shape index (κ1) is 22.2. The maximum atomic E-state index is 12.7. The largest absolute Gasteiger partial charge is 0.481 e. The molecule has 0 radical (unpaired) electrons. The first-order valence-electron chi connectivity index (χ1n) is 8.90. The average molecular weight is 456 g/mol. The predicted octanol–water partition coefficient (Wildman–Crippen LogP) is 6.63. The number of aromatic nitrogens is 1. The van der Waals surface area contributed by atoms with Crippen molar-refractivity contribution in [2.75, 3.05) is 0 Å². The van der Waals surface area contributed by atoms with E-state index in [-0.39, 0.29) is 12.3 Å². The third kappa shape index (κ3) is 5.58. The molecule has 1 heterocycles. The summed E-state index contributed by atoms with van der Waals surface area (Å²) >= 11 is 7.73. The number of oxazole rings is 1. The molecule has 30 heavy (non-hydrogen) atoms. The minimum absolute atomic E-state index is 0.0345. The van der Waals surface area contributed by atoms with Gasteiger partial charge in [0.15, 0.2) is 0 Å². The van der Waals surface area contributed by atoms with Gasteiger partial charge in [-0.25, -0.2) is 4.98 Å². The van der Waals surface area contributed by atoms with E-state index in [0.717, 1.165) is 22.6 Å². The monoisotopic (exact) mass is 455 g/mol. The summed E-state index contributed by atoms with van der Waals surface area (Å²) < 4.78 is 43.9. The van der Waals surface area contributed by atoms with Gasteiger partial charge in [-0.1, -0.05) is 17.7 Å². The number of rotatable bonds is 7. The number of nitrogens with zero attached hydrogens (tertiary/aromatic N) is 1. The van der Waals surface area contributed by atoms with E-state index in [4.69, 9.17) is 21.1 Å². The van der Waals surface area contributed by atoms with Crippen molar-refractivity contribution >= 4 is 29.3 Å². The van der Waals surface area contributed by atoms with E-state index in [1.165, 1.54) is 23.9 Å². The van der Waals surface area contributed by atoms with Gasteiger partial charge in [0.05, 0.1) is 22.0 Å². The number of aryl methyl sites for hydroxylation is 2. The lowest BCUT2D eigenvalue weighted by atomic mass is 10.1. The fraction of sp³-hybridized carbons (Fsp3) is 0.238. The number of carboxylic acids is 1. The van der Waals surface area contributed by atoms with Crippen molar-refractivity contribution in [1.82, 2.24) is 4.98 Å². The fourth-order valence-corrected chi connectivity index (χ4v) is 3.98. The Hall–Kier alpha value is -2.45. The molecule has 0 fully saturated rings. The lowest BCUT2D eigenvalue weighted by Gasteiger charge is -2.06. The van der Waals surface area contributed by atoms with Crippen molar-refractivity contribution in [3.8, 4) is 11.5 Å². The highest BCUT2D eigenvalue weighted by Crippen LogP contribution is 2.34. The molecular formula is C21H17ClF3NO3S. The molecule has 158 valence electrons. The smallest absolute Gasteiger partial charge is 0.416 e. The van der Waals surface area contributed by atoms with Gasteiger partial charge in [-0.2, -0.15) is 13.2 Å². The zero-order chi connectivity index (χ0) is 21.9. The fourth-order valence-electron chi connectivity index (χ4n) is 2.70. The number of carboxylic acid groups (broad SMARTS) is 1. The normalized spacial score (nSPS) is 11.6. The van der Waals surface area contributed by atoms with Crippen LogP contribution in [0.4, 0.5) is 13.2 Å². The van der Waals surface area contributed by atoms with Crippen LogP contribution >= 0.6 is 23.4 Å². The minimum atomic E-state index is -4.39. The summed E-state index contributed by atoms with van der Waals surface area (Å²) in [4.78, 5) is 15.8. The first-order chi connectivity index (χ1) is 14.1. The van der Waals surface area contributed by atoms with Crippen LogP contribution in [0, 0.1) is 6.92 Å². The van der Waals surface area contributed by atoms with Crippen LogP contribution in [0.25, 0.3) is 11.5 Å². The Morgan fingerprint density at radius 1 is 1.20 bits per heavy atom. The topological polar surface area (TPSA) is 63.3 Å². The number of alkyl halides is 3. The number of halogens is 4. The van der Waals surface area contributed by atoms with E-state index >= 15 is 0 Å². The predicted molar refractivity (Wildman–Crippen MR) is 109 cm³/mol. The van der Waals surface area contributed by atoms with Gasteiger partial charge >= 0.3 is 12.1 Å². The van der Waals surface area contributed by atoms with Gasteiger partial charge in [-0.3, -0.25) is 4.79 Å². The maximum Gasteiger partial charge on any atom is 0.416 e. The standard InChI is InChI=1S/C21H17ClF3NO3S/c1-12-17(11-30-18-8-2-13(10-16(18)22)3-9-19(27)28)29-20(26-12)14-4-6-15(7-5-14)21(23,24)25/h2,4-8,10H,3,9,11H2,1H3,(H,27,28). The third-order valence-corrected chi connectivity index (χ3v) is 5.83. The molecule has 0 saturated carbocycles. The van der Waals surface area contributed by atoms with E-state index in [9.17, 15) is 18.0 Å². The van der Waals surface area contributed by atoms with Crippen LogP contribution in [-0.2, 0) is 23.1 Å².